The van der Waals surface area contributed by atoms with Crippen LogP contribution in [0.25, 0.3) is 11.2 Å². The van der Waals surface area contributed by atoms with Crippen molar-refractivity contribution in [3.05, 3.63) is 60.6 Å². The second-order valence-corrected chi connectivity index (χ2v) is 6.58. The number of pyridine rings is 1. The van der Waals surface area contributed by atoms with Gasteiger partial charge < -0.3 is 10.2 Å². The van der Waals surface area contributed by atoms with Crippen LogP contribution in [0.2, 0.25) is 0 Å². The van der Waals surface area contributed by atoms with E-state index in [4.69, 9.17) is 0 Å². The minimum Gasteiger partial charge on any atom is -0.369 e. The van der Waals surface area contributed by atoms with E-state index in [2.05, 4.69) is 25.2 Å². The van der Waals surface area contributed by atoms with Crippen LogP contribution < -0.4 is 10.2 Å². The Hall–Kier alpha value is -3.02. The van der Waals surface area contributed by atoms with E-state index in [0.29, 0.717) is 18.7 Å². The average molecular weight is 347 g/mol. The molecule has 132 valence electrons. The molecular formula is C20H21N5O. The lowest BCUT2D eigenvalue weighted by Crippen LogP contribution is -2.43. The fraction of sp³-hybridized carbons (Fsp3) is 0.300. The molecule has 1 aliphatic heterocycles. The number of benzene rings is 1. The molecule has 1 amide bonds. The van der Waals surface area contributed by atoms with Crippen LogP contribution in [0.1, 0.15) is 18.4 Å². The summed E-state index contributed by atoms with van der Waals surface area (Å²) in [5.74, 6) is 0.108. The van der Waals surface area contributed by atoms with E-state index in [1.807, 2.05) is 42.6 Å². The fourth-order valence-electron chi connectivity index (χ4n) is 3.38. The van der Waals surface area contributed by atoms with Crippen LogP contribution in [0, 0.1) is 5.92 Å². The van der Waals surface area contributed by atoms with Gasteiger partial charge in [-0.3, -0.25) is 9.78 Å². The molecular weight excluding hydrogens is 326 g/mol. The van der Waals surface area contributed by atoms with Crippen LogP contribution in [-0.2, 0) is 11.3 Å². The van der Waals surface area contributed by atoms with E-state index >= 15 is 0 Å². The summed E-state index contributed by atoms with van der Waals surface area (Å²) in [4.78, 5) is 27.7. The van der Waals surface area contributed by atoms with Crippen molar-refractivity contribution in [2.24, 2.45) is 5.92 Å². The van der Waals surface area contributed by atoms with E-state index in [9.17, 15) is 4.79 Å². The number of hydrogen-bond acceptors (Lipinski definition) is 5. The molecule has 1 saturated heterocycles. The van der Waals surface area contributed by atoms with Gasteiger partial charge in [0.1, 0.15) is 5.52 Å². The molecule has 3 aromatic rings. The van der Waals surface area contributed by atoms with Gasteiger partial charge in [0, 0.05) is 32.0 Å². The summed E-state index contributed by atoms with van der Waals surface area (Å²) in [7, 11) is 0. The molecule has 26 heavy (non-hydrogen) atoms. The molecule has 1 unspecified atom stereocenters. The summed E-state index contributed by atoms with van der Waals surface area (Å²) in [6.45, 7) is 2.20. The largest absolute Gasteiger partial charge is 0.369 e. The number of rotatable bonds is 4. The number of aromatic nitrogens is 3. The molecule has 3 heterocycles. The predicted octanol–water partition coefficient (Wildman–Crippen LogP) is 2.56. The molecule has 1 atom stereocenters. The quantitative estimate of drug-likeness (QED) is 0.785. The van der Waals surface area contributed by atoms with Crippen LogP contribution in [0.3, 0.4) is 0 Å². The topological polar surface area (TPSA) is 71.0 Å². The average Bonchev–Trinajstić information content (AvgIpc) is 2.72. The number of piperidine rings is 1. The maximum atomic E-state index is 12.6. The third kappa shape index (κ3) is 3.64. The van der Waals surface area contributed by atoms with Gasteiger partial charge in [0.25, 0.3) is 0 Å². The summed E-state index contributed by atoms with van der Waals surface area (Å²) >= 11 is 0. The van der Waals surface area contributed by atoms with Gasteiger partial charge in [-0.25, -0.2) is 9.97 Å². The molecule has 0 aliphatic carbocycles. The molecule has 0 spiro atoms. The summed E-state index contributed by atoms with van der Waals surface area (Å²) in [6.07, 6.45) is 7.04. The minimum absolute atomic E-state index is 0.00924. The van der Waals surface area contributed by atoms with E-state index in [1.54, 1.807) is 12.4 Å². The number of nitrogens with one attached hydrogen (secondary N) is 1. The van der Waals surface area contributed by atoms with Gasteiger partial charge in [0.15, 0.2) is 5.65 Å². The zero-order valence-electron chi connectivity index (χ0n) is 14.5. The molecule has 1 aromatic carbocycles. The van der Waals surface area contributed by atoms with Crippen LogP contribution in [0.4, 0.5) is 5.69 Å². The molecule has 2 aromatic heterocycles. The zero-order valence-corrected chi connectivity index (χ0v) is 14.5. The molecule has 0 bridgehead atoms. The predicted molar refractivity (Wildman–Crippen MR) is 101 cm³/mol. The highest BCUT2D eigenvalue weighted by molar-refractivity contribution is 5.80. The molecule has 1 aliphatic rings. The van der Waals surface area contributed by atoms with Gasteiger partial charge in [0.2, 0.25) is 5.91 Å². The summed E-state index contributed by atoms with van der Waals surface area (Å²) < 4.78 is 0. The number of carbonyl (C=O) groups excluding carboxylic acids is 1. The Labute approximate surface area is 152 Å². The molecule has 1 fully saturated rings. The molecule has 6 heteroatoms. The monoisotopic (exact) mass is 347 g/mol. The molecule has 4 rings (SSSR count). The normalized spacial score (nSPS) is 17.2. The summed E-state index contributed by atoms with van der Waals surface area (Å²) in [5, 5.41) is 3.07. The Morgan fingerprint density at radius 3 is 2.88 bits per heavy atom. The van der Waals surface area contributed by atoms with E-state index in [0.717, 1.165) is 36.2 Å². The van der Waals surface area contributed by atoms with Crippen LogP contribution in [-0.4, -0.2) is 33.9 Å². The van der Waals surface area contributed by atoms with Gasteiger partial charge >= 0.3 is 0 Å². The first-order valence-corrected chi connectivity index (χ1v) is 8.93. The number of amides is 1. The Balaban J connectivity index is 1.42. The molecule has 0 saturated carbocycles. The van der Waals surface area contributed by atoms with E-state index < -0.39 is 0 Å². The van der Waals surface area contributed by atoms with Crippen molar-refractivity contribution in [3.8, 4) is 0 Å². The van der Waals surface area contributed by atoms with E-state index in [1.165, 1.54) is 0 Å². The third-order valence-corrected chi connectivity index (χ3v) is 4.78. The van der Waals surface area contributed by atoms with Gasteiger partial charge in [-0.15, -0.1) is 0 Å². The lowest BCUT2D eigenvalue weighted by atomic mass is 9.96. The van der Waals surface area contributed by atoms with Gasteiger partial charge in [-0.2, -0.15) is 0 Å². The van der Waals surface area contributed by atoms with Crippen molar-refractivity contribution in [3.63, 3.8) is 0 Å². The van der Waals surface area contributed by atoms with Crippen molar-refractivity contribution in [1.29, 1.82) is 0 Å². The Bertz CT molecular complexity index is 899. The standard InChI is InChI=1S/C20H21N5O/c26-20(24-12-15-5-2-1-3-6-15)16-7-4-10-25(14-16)17-11-18-19(23-13-17)22-9-8-21-18/h1-3,5-6,8-9,11,13,16H,4,7,10,12,14H2,(H,24,26). The number of anilines is 1. The maximum absolute atomic E-state index is 12.6. The lowest BCUT2D eigenvalue weighted by Gasteiger charge is -2.33. The van der Waals surface area contributed by atoms with Gasteiger partial charge in [-0.05, 0) is 24.5 Å². The van der Waals surface area contributed by atoms with Crippen LogP contribution in [0.5, 0.6) is 0 Å². The zero-order chi connectivity index (χ0) is 17.8. The van der Waals surface area contributed by atoms with Crippen molar-refractivity contribution >= 4 is 22.8 Å². The maximum Gasteiger partial charge on any atom is 0.225 e. The molecule has 0 radical (unpaired) electrons. The first-order chi connectivity index (χ1) is 12.8. The van der Waals surface area contributed by atoms with Crippen molar-refractivity contribution in [2.75, 3.05) is 18.0 Å². The van der Waals surface area contributed by atoms with E-state index in [-0.39, 0.29) is 11.8 Å². The highest BCUT2D eigenvalue weighted by atomic mass is 16.1. The van der Waals surface area contributed by atoms with Crippen molar-refractivity contribution in [2.45, 2.75) is 19.4 Å². The Kier molecular flexibility index (Phi) is 4.73. The fourth-order valence-corrected chi connectivity index (χ4v) is 3.38. The minimum atomic E-state index is -0.00924. The smallest absolute Gasteiger partial charge is 0.225 e. The van der Waals surface area contributed by atoms with Gasteiger partial charge in [0.05, 0.1) is 17.8 Å². The highest BCUT2D eigenvalue weighted by Crippen LogP contribution is 2.24. The Morgan fingerprint density at radius 1 is 1.15 bits per heavy atom. The summed E-state index contributed by atoms with van der Waals surface area (Å²) in [5.41, 5.74) is 3.54. The second kappa shape index (κ2) is 7.47. The molecule has 6 nitrogen and oxygen atoms in total. The van der Waals surface area contributed by atoms with Crippen molar-refractivity contribution in [1.82, 2.24) is 20.3 Å². The Morgan fingerprint density at radius 2 is 2.00 bits per heavy atom. The number of fused-ring (bicyclic) bond motifs is 1. The molecule has 1 N–H and O–H groups in total. The number of nitrogens with zero attached hydrogens (tertiary/aromatic N) is 4. The third-order valence-electron chi connectivity index (χ3n) is 4.78. The van der Waals surface area contributed by atoms with Crippen LogP contribution in [0.15, 0.2) is 55.0 Å². The second-order valence-electron chi connectivity index (χ2n) is 6.58. The summed E-state index contributed by atoms with van der Waals surface area (Å²) in [6, 6.07) is 12.0. The SMILES string of the molecule is O=C(NCc1ccccc1)C1CCCN(c2cnc3nccnc3c2)C1. The number of carbonyl (C=O) groups is 1. The first-order valence-electron chi connectivity index (χ1n) is 8.93. The van der Waals surface area contributed by atoms with Crippen LogP contribution >= 0.6 is 0 Å². The van der Waals surface area contributed by atoms with Gasteiger partial charge in [-0.1, -0.05) is 30.3 Å². The lowest BCUT2D eigenvalue weighted by molar-refractivity contribution is -0.125. The highest BCUT2D eigenvalue weighted by Gasteiger charge is 2.26. The van der Waals surface area contributed by atoms with Crippen molar-refractivity contribution < 1.29 is 4.79 Å². The number of hydrogen-bond donors (Lipinski definition) is 1. The first kappa shape index (κ1) is 16.4.